The Morgan fingerprint density at radius 2 is 1.66 bits per heavy atom. The quantitative estimate of drug-likeness (QED) is 0.493. The average molecular weight is 391 g/mol. The molecular weight excluding hydrogens is 370 g/mol. The SMILES string of the molecule is COC(=O)C(=O)C(Cc1ccccc1)NC(=O)c1cc(C)nn1-c1ccccc1. The molecule has 1 unspecified atom stereocenters. The zero-order chi connectivity index (χ0) is 20.8. The van der Waals surface area contributed by atoms with Gasteiger partial charge < -0.3 is 10.1 Å². The minimum Gasteiger partial charge on any atom is -0.463 e. The van der Waals surface area contributed by atoms with E-state index in [0.29, 0.717) is 11.4 Å². The summed E-state index contributed by atoms with van der Waals surface area (Å²) in [6.07, 6.45) is 0.166. The van der Waals surface area contributed by atoms with Gasteiger partial charge in [0.15, 0.2) is 0 Å². The van der Waals surface area contributed by atoms with Gasteiger partial charge in [-0.05, 0) is 30.7 Å². The van der Waals surface area contributed by atoms with Gasteiger partial charge in [0.05, 0.1) is 18.5 Å². The largest absolute Gasteiger partial charge is 0.463 e. The molecule has 0 spiro atoms. The smallest absolute Gasteiger partial charge is 0.376 e. The van der Waals surface area contributed by atoms with Crippen molar-refractivity contribution in [2.45, 2.75) is 19.4 Å². The fourth-order valence-electron chi connectivity index (χ4n) is 2.96. The number of nitrogens with zero attached hydrogens (tertiary/aromatic N) is 2. The van der Waals surface area contributed by atoms with Gasteiger partial charge in [-0.25, -0.2) is 9.48 Å². The van der Waals surface area contributed by atoms with Crippen molar-refractivity contribution in [3.8, 4) is 5.69 Å². The summed E-state index contributed by atoms with van der Waals surface area (Å²) in [6, 6.07) is 18.9. The standard InChI is InChI=1S/C22H21N3O4/c1-15-13-19(25(24-15)17-11-7-4-8-12-17)21(27)23-18(20(26)22(28)29-2)14-16-9-5-3-6-10-16/h3-13,18H,14H2,1-2H3,(H,23,27). The molecule has 0 aliphatic heterocycles. The number of hydrogen-bond donors (Lipinski definition) is 1. The van der Waals surface area contributed by atoms with Crippen LogP contribution in [0.4, 0.5) is 0 Å². The Bertz CT molecular complexity index is 1010. The molecule has 0 bridgehead atoms. The molecule has 1 heterocycles. The van der Waals surface area contributed by atoms with Gasteiger partial charge in [0.2, 0.25) is 0 Å². The van der Waals surface area contributed by atoms with Crippen LogP contribution in [-0.2, 0) is 20.7 Å². The lowest BCUT2D eigenvalue weighted by molar-refractivity contribution is -0.152. The van der Waals surface area contributed by atoms with E-state index in [4.69, 9.17) is 0 Å². The summed E-state index contributed by atoms with van der Waals surface area (Å²) in [5.74, 6) is -2.32. The van der Waals surface area contributed by atoms with E-state index in [9.17, 15) is 14.4 Å². The minimum atomic E-state index is -1.06. The van der Waals surface area contributed by atoms with Crippen LogP contribution in [0, 0.1) is 6.92 Å². The van der Waals surface area contributed by atoms with E-state index < -0.39 is 23.7 Å². The summed E-state index contributed by atoms with van der Waals surface area (Å²) in [7, 11) is 1.13. The lowest BCUT2D eigenvalue weighted by Crippen LogP contribution is -2.46. The summed E-state index contributed by atoms with van der Waals surface area (Å²) in [4.78, 5) is 37.3. The lowest BCUT2D eigenvalue weighted by atomic mass is 10.0. The van der Waals surface area contributed by atoms with E-state index >= 15 is 0 Å². The number of rotatable bonds is 7. The van der Waals surface area contributed by atoms with Crippen LogP contribution in [0.1, 0.15) is 21.7 Å². The highest BCUT2D eigenvalue weighted by atomic mass is 16.5. The van der Waals surface area contributed by atoms with Crippen LogP contribution in [0.2, 0.25) is 0 Å². The third kappa shape index (κ3) is 4.76. The second kappa shape index (κ2) is 8.97. The third-order valence-electron chi connectivity index (χ3n) is 4.36. The first-order valence-electron chi connectivity index (χ1n) is 9.08. The molecule has 0 radical (unpaired) electrons. The second-order valence-corrected chi connectivity index (χ2v) is 6.49. The number of aromatic nitrogens is 2. The number of hydrogen-bond acceptors (Lipinski definition) is 5. The van der Waals surface area contributed by atoms with Crippen molar-refractivity contribution >= 4 is 17.7 Å². The Labute approximate surface area is 168 Å². The number of methoxy groups -OCH3 is 1. The van der Waals surface area contributed by atoms with Crippen molar-refractivity contribution in [3.05, 3.63) is 83.7 Å². The topological polar surface area (TPSA) is 90.3 Å². The monoisotopic (exact) mass is 391 g/mol. The molecule has 0 aliphatic rings. The van der Waals surface area contributed by atoms with Gasteiger partial charge in [-0.1, -0.05) is 48.5 Å². The summed E-state index contributed by atoms with van der Waals surface area (Å²) in [5, 5.41) is 7.04. The number of ether oxygens (including phenoxy) is 1. The van der Waals surface area contributed by atoms with Crippen LogP contribution in [0.5, 0.6) is 0 Å². The predicted molar refractivity (Wildman–Crippen MR) is 107 cm³/mol. The second-order valence-electron chi connectivity index (χ2n) is 6.49. The van der Waals surface area contributed by atoms with Crippen molar-refractivity contribution in [3.63, 3.8) is 0 Å². The van der Waals surface area contributed by atoms with E-state index in [0.717, 1.165) is 12.7 Å². The number of carbonyl (C=O) groups is 3. The molecule has 148 valence electrons. The fraction of sp³-hybridized carbons (Fsp3) is 0.182. The Balaban J connectivity index is 1.89. The van der Waals surface area contributed by atoms with Crippen LogP contribution >= 0.6 is 0 Å². The molecule has 1 amide bonds. The van der Waals surface area contributed by atoms with Crippen LogP contribution in [0.15, 0.2) is 66.7 Å². The van der Waals surface area contributed by atoms with Crippen LogP contribution < -0.4 is 5.32 Å². The highest BCUT2D eigenvalue weighted by molar-refractivity contribution is 6.36. The van der Waals surface area contributed by atoms with Gasteiger partial charge >= 0.3 is 5.97 Å². The number of para-hydroxylation sites is 1. The van der Waals surface area contributed by atoms with Crippen molar-refractivity contribution < 1.29 is 19.1 Å². The number of nitrogens with one attached hydrogen (secondary N) is 1. The summed E-state index contributed by atoms with van der Waals surface area (Å²) >= 11 is 0. The molecule has 3 aromatic rings. The molecule has 0 fully saturated rings. The molecule has 1 aromatic heterocycles. The molecule has 0 saturated heterocycles. The molecule has 7 nitrogen and oxygen atoms in total. The fourth-order valence-corrected chi connectivity index (χ4v) is 2.96. The highest BCUT2D eigenvalue weighted by Gasteiger charge is 2.29. The number of esters is 1. The van der Waals surface area contributed by atoms with E-state index in [1.54, 1.807) is 13.0 Å². The van der Waals surface area contributed by atoms with Crippen molar-refractivity contribution in [1.29, 1.82) is 0 Å². The maximum Gasteiger partial charge on any atom is 0.376 e. The van der Waals surface area contributed by atoms with Crippen molar-refractivity contribution in [2.75, 3.05) is 7.11 Å². The van der Waals surface area contributed by atoms with Gasteiger partial charge in [0.1, 0.15) is 11.7 Å². The van der Waals surface area contributed by atoms with Crippen molar-refractivity contribution in [1.82, 2.24) is 15.1 Å². The zero-order valence-electron chi connectivity index (χ0n) is 16.2. The van der Waals surface area contributed by atoms with E-state index in [1.165, 1.54) is 4.68 Å². The number of aryl methyl sites for hydroxylation is 1. The lowest BCUT2D eigenvalue weighted by Gasteiger charge is -2.17. The number of benzene rings is 2. The average Bonchev–Trinajstić information content (AvgIpc) is 3.15. The van der Waals surface area contributed by atoms with Gasteiger partial charge in [-0.3, -0.25) is 9.59 Å². The molecule has 29 heavy (non-hydrogen) atoms. The van der Waals surface area contributed by atoms with Crippen molar-refractivity contribution in [2.24, 2.45) is 0 Å². The Kier molecular flexibility index (Phi) is 6.19. The predicted octanol–water partition coefficient (Wildman–Crippen LogP) is 2.26. The first kappa shape index (κ1) is 20.0. The molecule has 3 rings (SSSR count). The number of amides is 1. The molecule has 2 aromatic carbocycles. The van der Waals surface area contributed by atoms with Crippen LogP contribution in [-0.4, -0.2) is 40.6 Å². The number of ketones is 1. The first-order chi connectivity index (χ1) is 14.0. The molecule has 0 saturated carbocycles. The maximum atomic E-state index is 13.0. The molecule has 1 atom stereocenters. The summed E-state index contributed by atoms with van der Waals surface area (Å²) < 4.78 is 6.06. The van der Waals surface area contributed by atoms with Gasteiger partial charge in [0, 0.05) is 6.42 Å². The molecule has 1 N–H and O–H groups in total. The molecule has 7 heteroatoms. The van der Waals surface area contributed by atoms with E-state index in [-0.39, 0.29) is 12.1 Å². The van der Waals surface area contributed by atoms with E-state index in [2.05, 4.69) is 15.2 Å². The van der Waals surface area contributed by atoms with Crippen LogP contribution in [0.3, 0.4) is 0 Å². The Morgan fingerprint density at radius 3 is 2.28 bits per heavy atom. The summed E-state index contributed by atoms with van der Waals surface area (Å²) in [6.45, 7) is 1.78. The molecule has 0 aliphatic carbocycles. The molecular formula is C22H21N3O4. The van der Waals surface area contributed by atoms with E-state index in [1.807, 2.05) is 60.7 Å². The highest BCUT2D eigenvalue weighted by Crippen LogP contribution is 2.13. The number of Topliss-reactive ketones (excluding diaryl/α,β-unsaturated/α-hetero) is 1. The Hall–Kier alpha value is -3.74. The first-order valence-corrected chi connectivity index (χ1v) is 9.08. The number of carbonyl (C=O) groups excluding carboxylic acids is 3. The van der Waals surface area contributed by atoms with Gasteiger partial charge in [0.25, 0.3) is 11.7 Å². The zero-order valence-corrected chi connectivity index (χ0v) is 16.2. The van der Waals surface area contributed by atoms with Crippen LogP contribution in [0.25, 0.3) is 5.69 Å². The summed E-state index contributed by atoms with van der Waals surface area (Å²) in [5.41, 5.74) is 2.44. The van der Waals surface area contributed by atoms with Gasteiger partial charge in [-0.15, -0.1) is 0 Å². The minimum absolute atomic E-state index is 0.166. The maximum absolute atomic E-state index is 13.0. The Morgan fingerprint density at radius 1 is 1.03 bits per heavy atom. The normalized spacial score (nSPS) is 11.5. The van der Waals surface area contributed by atoms with Gasteiger partial charge in [-0.2, -0.15) is 5.10 Å². The third-order valence-corrected chi connectivity index (χ3v) is 4.36.